The molecule has 2 aromatic carbocycles. The number of aliphatic hydroxyl groups is 1. The SMILES string of the molecule is CCN(CC)c1ccc(CN(N)C[C@H](O)[C@H](Cc2ccccc2)NC(=O)[C@@H](NC(=O)OC)C(C)C)cc1.Cl. The van der Waals surface area contributed by atoms with Gasteiger partial charge in [-0.05, 0) is 49.4 Å². The monoisotopic (exact) mass is 549 g/mol. The van der Waals surface area contributed by atoms with Crippen LogP contribution in [0, 0.1) is 5.92 Å². The number of halogens is 1. The highest BCUT2D eigenvalue weighted by Gasteiger charge is 2.30. The van der Waals surface area contributed by atoms with Crippen LogP contribution in [-0.2, 0) is 22.5 Å². The van der Waals surface area contributed by atoms with E-state index in [1.54, 1.807) is 5.01 Å². The van der Waals surface area contributed by atoms with Crippen LogP contribution in [0.15, 0.2) is 54.6 Å². The number of aliphatic hydroxyl groups excluding tert-OH is 1. The number of alkyl carbamates (subject to hydrolysis) is 1. The molecule has 0 aromatic heterocycles. The van der Waals surface area contributed by atoms with Gasteiger partial charge >= 0.3 is 6.09 Å². The average Bonchev–Trinajstić information content (AvgIpc) is 2.88. The lowest BCUT2D eigenvalue weighted by molar-refractivity contribution is -0.125. The number of anilines is 1. The minimum absolute atomic E-state index is 0. The molecule has 3 atom stereocenters. The third-order valence-electron chi connectivity index (χ3n) is 6.37. The molecular weight excluding hydrogens is 506 g/mol. The summed E-state index contributed by atoms with van der Waals surface area (Å²) in [6, 6.07) is 16.4. The molecule has 0 unspecified atom stereocenters. The Morgan fingerprint density at radius 3 is 2.11 bits per heavy atom. The minimum Gasteiger partial charge on any atom is -0.453 e. The van der Waals surface area contributed by atoms with Crippen molar-refractivity contribution >= 4 is 30.1 Å². The Morgan fingerprint density at radius 1 is 0.974 bits per heavy atom. The van der Waals surface area contributed by atoms with Gasteiger partial charge in [-0.3, -0.25) is 10.6 Å². The number of carbonyl (C=O) groups is 2. The van der Waals surface area contributed by atoms with Crippen LogP contribution in [0.4, 0.5) is 10.5 Å². The molecule has 9 nitrogen and oxygen atoms in total. The number of hydrogen-bond donors (Lipinski definition) is 4. The molecule has 2 aromatic rings. The van der Waals surface area contributed by atoms with Crippen LogP contribution >= 0.6 is 12.4 Å². The smallest absolute Gasteiger partial charge is 0.407 e. The summed E-state index contributed by atoms with van der Waals surface area (Å²) < 4.78 is 4.67. The van der Waals surface area contributed by atoms with Crippen molar-refractivity contribution in [1.29, 1.82) is 0 Å². The lowest BCUT2D eigenvalue weighted by atomic mass is 9.98. The Balaban J connectivity index is 0.00000722. The van der Waals surface area contributed by atoms with Gasteiger partial charge in [0.2, 0.25) is 5.91 Å². The van der Waals surface area contributed by atoms with Crippen molar-refractivity contribution in [3.05, 3.63) is 65.7 Å². The number of benzene rings is 2. The fraction of sp³-hybridized carbons (Fsp3) is 0.500. The van der Waals surface area contributed by atoms with Gasteiger partial charge in [-0.25, -0.2) is 9.80 Å². The van der Waals surface area contributed by atoms with E-state index in [2.05, 4.69) is 46.3 Å². The fourth-order valence-corrected chi connectivity index (χ4v) is 4.21. The van der Waals surface area contributed by atoms with Crippen molar-refractivity contribution in [1.82, 2.24) is 15.6 Å². The largest absolute Gasteiger partial charge is 0.453 e. The van der Waals surface area contributed by atoms with Crippen LogP contribution in [0.3, 0.4) is 0 Å². The summed E-state index contributed by atoms with van der Waals surface area (Å²) >= 11 is 0. The Kier molecular flexibility index (Phi) is 14.7. The maximum absolute atomic E-state index is 13.1. The molecule has 0 heterocycles. The summed E-state index contributed by atoms with van der Waals surface area (Å²) in [7, 11) is 1.25. The Morgan fingerprint density at radius 2 is 1.58 bits per heavy atom. The third kappa shape index (κ3) is 10.5. The first-order valence-electron chi connectivity index (χ1n) is 12.9. The quantitative estimate of drug-likeness (QED) is 0.211. The van der Waals surface area contributed by atoms with Gasteiger partial charge in [-0.2, -0.15) is 0 Å². The van der Waals surface area contributed by atoms with Crippen molar-refractivity contribution in [3.63, 3.8) is 0 Å². The molecule has 0 radical (unpaired) electrons. The molecule has 2 rings (SSSR count). The Hall–Kier alpha value is -2.85. The van der Waals surface area contributed by atoms with E-state index in [-0.39, 0.29) is 24.9 Å². The van der Waals surface area contributed by atoms with Gasteiger partial charge < -0.3 is 25.4 Å². The molecule has 212 valence electrons. The molecule has 0 bridgehead atoms. The number of hydrazine groups is 1. The molecule has 38 heavy (non-hydrogen) atoms. The molecule has 5 N–H and O–H groups in total. The molecule has 2 amide bonds. The molecule has 0 spiro atoms. The number of rotatable bonds is 14. The standard InChI is InChI=1S/C28H43N5O4.ClH/c1-6-32(7-2)23-15-13-22(14-16-23)18-33(29)19-25(34)24(17-21-11-9-8-10-12-21)30-27(35)26(20(3)4)31-28(36)37-5;/h8-16,20,24-26,34H,6-7,17-19,29H2,1-5H3,(H,30,35)(H,31,36);1H/t24-,25-,26-;/m0./s1. The van der Waals surface area contributed by atoms with Gasteiger partial charge in [0.25, 0.3) is 0 Å². The zero-order valence-electron chi connectivity index (χ0n) is 23.1. The summed E-state index contributed by atoms with van der Waals surface area (Å²) in [6.45, 7) is 10.4. The third-order valence-corrected chi connectivity index (χ3v) is 6.37. The lowest BCUT2D eigenvalue weighted by Gasteiger charge is -2.30. The number of methoxy groups -OCH3 is 1. The predicted octanol–water partition coefficient (Wildman–Crippen LogP) is 3.10. The van der Waals surface area contributed by atoms with Crippen LogP contribution < -0.4 is 21.4 Å². The van der Waals surface area contributed by atoms with E-state index < -0.39 is 30.2 Å². The summed E-state index contributed by atoms with van der Waals surface area (Å²) in [5.41, 5.74) is 3.14. The first-order chi connectivity index (χ1) is 17.7. The minimum atomic E-state index is -0.949. The predicted molar refractivity (Wildman–Crippen MR) is 154 cm³/mol. The first-order valence-corrected chi connectivity index (χ1v) is 12.9. The number of ether oxygens (including phenoxy) is 1. The summed E-state index contributed by atoms with van der Waals surface area (Å²) in [6.07, 6.45) is -1.23. The zero-order valence-corrected chi connectivity index (χ0v) is 23.9. The molecule has 0 saturated heterocycles. The van der Waals surface area contributed by atoms with Crippen molar-refractivity contribution in [3.8, 4) is 0 Å². The van der Waals surface area contributed by atoms with E-state index in [1.165, 1.54) is 7.11 Å². The summed E-state index contributed by atoms with van der Waals surface area (Å²) in [4.78, 5) is 27.1. The topological polar surface area (TPSA) is 120 Å². The van der Waals surface area contributed by atoms with Crippen LogP contribution in [0.25, 0.3) is 0 Å². The van der Waals surface area contributed by atoms with Crippen molar-refractivity contribution in [2.24, 2.45) is 11.8 Å². The van der Waals surface area contributed by atoms with Crippen LogP contribution in [0.1, 0.15) is 38.8 Å². The van der Waals surface area contributed by atoms with Crippen molar-refractivity contribution in [2.75, 3.05) is 31.6 Å². The van der Waals surface area contributed by atoms with E-state index >= 15 is 0 Å². The summed E-state index contributed by atoms with van der Waals surface area (Å²) in [5, 5.41) is 18.2. The Labute approximate surface area is 233 Å². The molecule has 0 saturated carbocycles. The Bertz CT molecular complexity index is 957. The van der Waals surface area contributed by atoms with Gasteiger partial charge in [0.05, 0.1) is 19.3 Å². The highest BCUT2D eigenvalue weighted by atomic mass is 35.5. The molecule has 0 fully saturated rings. The van der Waals surface area contributed by atoms with E-state index in [0.29, 0.717) is 13.0 Å². The molecule has 0 aliphatic rings. The molecule has 10 heteroatoms. The van der Waals surface area contributed by atoms with E-state index in [1.807, 2.05) is 56.3 Å². The highest BCUT2D eigenvalue weighted by Crippen LogP contribution is 2.16. The van der Waals surface area contributed by atoms with Crippen LogP contribution in [-0.4, -0.2) is 67.0 Å². The van der Waals surface area contributed by atoms with Gasteiger partial charge in [0.1, 0.15) is 6.04 Å². The maximum Gasteiger partial charge on any atom is 0.407 e. The first kappa shape index (κ1) is 33.2. The second-order valence-corrected chi connectivity index (χ2v) is 9.50. The number of nitrogens with two attached hydrogens (primary N) is 1. The molecule has 0 aliphatic carbocycles. The zero-order chi connectivity index (χ0) is 27.4. The number of hydrogen-bond acceptors (Lipinski definition) is 7. The maximum atomic E-state index is 13.1. The summed E-state index contributed by atoms with van der Waals surface area (Å²) in [5.74, 6) is 5.71. The van der Waals surface area contributed by atoms with E-state index in [9.17, 15) is 14.7 Å². The van der Waals surface area contributed by atoms with Gasteiger partial charge in [0.15, 0.2) is 0 Å². The molecular formula is C28H44ClN5O4. The van der Waals surface area contributed by atoms with Gasteiger partial charge in [-0.15, -0.1) is 12.4 Å². The van der Waals surface area contributed by atoms with Crippen molar-refractivity contribution in [2.45, 2.75) is 58.8 Å². The number of amides is 2. The molecule has 0 aliphatic heterocycles. The van der Waals surface area contributed by atoms with E-state index in [0.717, 1.165) is 29.9 Å². The second kappa shape index (κ2) is 16.9. The van der Waals surface area contributed by atoms with Gasteiger partial charge in [-0.1, -0.05) is 56.3 Å². The second-order valence-electron chi connectivity index (χ2n) is 9.50. The van der Waals surface area contributed by atoms with Crippen LogP contribution in [0.5, 0.6) is 0 Å². The average molecular weight is 550 g/mol. The van der Waals surface area contributed by atoms with E-state index in [4.69, 9.17) is 5.84 Å². The van der Waals surface area contributed by atoms with Crippen molar-refractivity contribution < 1.29 is 19.4 Å². The normalized spacial score (nSPS) is 13.3. The number of carbonyl (C=O) groups excluding carboxylic acids is 2. The number of nitrogens with zero attached hydrogens (tertiary/aromatic N) is 2. The highest BCUT2D eigenvalue weighted by molar-refractivity contribution is 5.86. The lowest BCUT2D eigenvalue weighted by Crippen LogP contribution is -2.56. The van der Waals surface area contributed by atoms with Crippen LogP contribution in [0.2, 0.25) is 0 Å². The fourth-order valence-electron chi connectivity index (χ4n) is 4.21. The van der Waals surface area contributed by atoms with Gasteiger partial charge in [0, 0.05) is 31.9 Å². The number of nitrogens with one attached hydrogen (secondary N) is 2.